The number of Topliss-reactive ketones (excluding diaryl/α,β-unsaturated/α-hetero) is 1. The second-order valence-corrected chi connectivity index (χ2v) is 8.56. The van der Waals surface area contributed by atoms with E-state index in [-0.39, 0.29) is 25.0 Å². The maximum atomic E-state index is 12.8. The number of nitrogens with zero attached hydrogens (tertiary/aromatic N) is 1. The first-order valence-corrected chi connectivity index (χ1v) is 9.72. The Morgan fingerprint density at radius 2 is 1.93 bits per heavy atom. The number of hydrogen-bond acceptors (Lipinski definition) is 8. The number of cyclic esters (lactones) is 1. The summed E-state index contributed by atoms with van der Waals surface area (Å²) in [6.45, 7) is 4.76. The van der Waals surface area contributed by atoms with Crippen molar-refractivity contribution in [2.75, 3.05) is 26.7 Å². The topological polar surface area (TPSA) is 113 Å². The molecule has 158 valence electrons. The Balaban J connectivity index is 2.50. The van der Waals surface area contributed by atoms with E-state index in [9.17, 15) is 24.6 Å². The Labute approximate surface area is 169 Å². The van der Waals surface area contributed by atoms with Crippen LogP contribution in [0.15, 0.2) is 11.6 Å². The van der Waals surface area contributed by atoms with Gasteiger partial charge in [0.15, 0.2) is 17.3 Å². The van der Waals surface area contributed by atoms with Gasteiger partial charge in [0.1, 0.15) is 6.61 Å². The molecule has 0 radical (unpaired) electrons. The molecule has 28 heavy (non-hydrogen) atoms. The molecule has 2 rings (SSSR count). The normalized spacial score (nSPS) is 37.4. The average Bonchev–Trinajstić information content (AvgIpc) is 2.61. The molecule has 9 heteroatoms. The van der Waals surface area contributed by atoms with Gasteiger partial charge in [-0.2, -0.15) is 0 Å². The monoisotopic (exact) mass is 417 g/mol. The van der Waals surface area contributed by atoms with E-state index in [4.69, 9.17) is 21.1 Å². The first-order chi connectivity index (χ1) is 12.9. The van der Waals surface area contributed by atoms with Crippen molar-refractivity contribution in [2.24, 2.45) is 5.92 Å². The molecule has 0 aromatic rings. The van der Waals surface area contributed by atoms with Gasteiger partial charge in [0.2, 0.25) is 5.78 Å². The van der Waals surface area contributed by atoms with Gasteiger partial charge in [-0.05, 0) is 33.2 Å². The summed E-state index contributed by atoms with van der Waals surface area (Å²) in [4.78, 5) is 40.0. The van der Waals surface area contributed by atoms with Crippen molar-refractivity contribution in [1.29, 1.82) is 0 Å². The van der Waals surface area contributed by atoms with E-state index in [2.05, 4.69) is 0 Å². The van der Waals surface area contributed by atoms with Crippen molar-refractivity contribution < 1.29 is 34.1 Å². The van der Waals surface area contributed by atoms with Crippen LogP contribution in [0.2, 0.25) is 0 Å². The molecule has 0 amide bonds. The van der Waals surface area contributed by atoms with Crippen molar-refractivity contribution >= 4 is 29.3 Å². The molecule has 5 atom stereocenters. The van der Waals surface area contributed by atoms with Crippen molar-refractivity contribution in [3.05, 3.63) is 11.6 Å². The molecule has 8 nitrogen and oxygen atoms in total. The van der Waals surface area contributed by atoms with E-state index < -0.39 is 46.3 Å². The van der Waals surface area contributed by atoms with E-state index >= 15 is 0 Å². The number of carbonyl (C=O) groups excluding carboxylic acids is 3. The number of likely N-dealkylation sites (N-methyl/N-ethyl adjacent to an activating group) is 1. The SMILES string of the molecule is C[C@@H]1C[C@](O)([C@@H](C)Cl)C(=O)O[C@@H]2CCN(C)CC=C(COC(=O)[C@]1(C)O)C2=O. The first-order valence-electron chi connectivity index (χ1n) is 9.28. The molecule has 0 aromatic heterocycles. The van der Waals surface area contributed by atoms with Gasteiger partial charge in [0, 0.05) is 25.1 Å². The smallest absolute Gasteiger partial charge is 0.340 e. The summed E-state index contributed by atoms with van der Waals surface area (Å²) in [6, 6.07) is 0. The van der Waals surface area contributed by atoms with E-state index in [0.29, 0.717) is 13.1 Å². The number of ether oxygens (including phenoxy) is 2. The molecular formula is C19H28ClNO7. The molecule has 1 saturated heterocycles. The molecule has 0 spiro atoms. The first kappa shape index (κ1) is 22.8. The number of esters is 2. The lowest BCUT2D eigenvalue weighted by atomic mass is 9.79. The summed E-state index contributed by atoms with van der Waals surface area (Å²) >= 11 is 6.08. The third-order valence-electron chi connectivity index (χ3n) is 5.64. The van der Waals surface area contributed by atoms with Gasteiger partial charge in [-0.1, -0.05) is 13.0 Å². The summed E-state index contributed by atoms with van der Waals surface area (Å²) in [5.74, 6) is -3.36. The standard InChI is InChI=1S/C19H28ClNO7/c1-11-9-19(26,12(2)20)17(24)28-14-6-8-21(4)7-5-13(15(14)22)10-27-16(23)18(11,3)25/h5,11-12,14,25-26H,6-10H2,1-4H3/t11-,12-,14-,18-,19+/m1/s1. The van der Waals surface area contributed by atoms with Crippen molar-refractivity contribution in [2.45, 2.75) is 56.3 Å². The van der Waals surface area contributed by atoms with Gasteiger partial charge in [0.25, 0.3) is 0 Å². The maximum absolute atomic E-state index is 12.8. The summed E-state index contributed by atoms with van der Waals surface area (Å²) in [7, 11) is 1.83. The van der Waals surface area contributed by atoms with Crippen LogP contribution >= 0.6 is 11.6 Å². The zero-order valence-corrected chi connectivity index (χ0v) is 17.4. The fourth-order valence-electron chi connectivity index (χ4n) is 3.17. The number of aliphatic hydroxyl groups is 2. The van der Waals surface area contributed by atoms with Crippen LogP contribution in [-0.2, 0) is 23.9 Å². The Kier molecular flexibility index (Phi) is 6.91. The molecule has 2 heterocycles. The number of hydrogen-bond donors (Lipinski definition) is 2. The van der Waals surface area contributed by atoms with Crippen LogP contribution in [0.4, 0.5) is 0 Å². The average molecular weight is 418 g/mol. The van der Waals surface area contributed by atoms with Crippen LogP contribution in [0.25, 0.3) is 0 Å². The molecule has 0 saturated carbocycles. The Morgan fingerprint density at radius 3 is 2.54 bits per heavy atom. The zero-order chi connectivity index (χ0) is 21.3. The minimum Gasteiger partial charge on any atom is -0.459 e. The van der Waals surface area contributed by atoms with E-state index in [1.54, 1.807) is 6.08 Å². The van der Waals surface area contributed by atoms with E-state index in [1.807, 2.05) is 11.9 Å². The van der Waals surface area contributed by atoms with Crippen LogP contribution in [0.5, 0.6) is 0 Å². The van der Waals surface area contributed by atoms with Gasteiger partial charge in [-0.15, -0.1) is 11.6 Å². The third-order valence-corrected chi connectivity index (χ3v) is 6.00. The van der Waals surface area contributed by atoms with E-state index in [1.165, 1.54) is 20.8 Å². The predicted molar refractivity (Wildman–Crippen MR) is 101 cm³/mol. The molecule has 0 aromatic carbocycles. The van der Waals surface area contributed by atoms with Crippen LogP contribution < -0.4 is 0 Å². The fraction of sp³-hybridized carbons (Fsp3) is 0.737. The third kappa shape index (κ3) is 4.56. The lowest BCUT2D eigenvalue weighted by Gasteiger charge is -2.37. The number of halogens is 1. The van der Waals surface area contributed by atoms with Crippen molar-refractivity contribution in [3.8, 4) is 0 Å². The summed E-state index contributed by atoms with van der Waals surface area (Å²) in [5, 5.41) is 20.5. The summed E-state index contributed by atoms with van der Waals surface area (Å²) < 4.78 is 10.6. The lowest BCUT2D eigenvalue weighted by molar-refractivity contribution is -0.183. The highest BCUT2D eigenvalue weighted by atomic mass is 35.5. The number of alkyl halides is 1. The van der Waals surface area contributed by atoms with Crippen molar-refractivity contribution in [3.63, 3.8) is 0 Å². The van der Waals surface area contributed by atoms with Gasteiger partial charge in [-0.3, -0.25) is 4.79 Å². The van der Waals surface area contributed by atoms with Crippen LogP contribution in [0, 0.1) is 5.92 Å². The predicted octanol–water partition coefficient (Wildman–Crippen LogP) is 0.422. The van der Waals surface area contributed by atoms with Gasteiger partial charge < -0.3 is 24.6 Å². The molecule has 2 N–H and O–H groups in total. The molecular weight excluding hydrogens is 390 g/mol. The highest BCUT2D eigenvalue weighted by molar-refractivity contribution is 6.23. The van der Waals surface area contributed by atoms with Gasteiger partial charge >= 0.3 is 11.9 Å². The Bertz CT molecular complexity index is 675. The largest absolute Gasteiger partial charge is 0.459 e. The Morgan fingerprint density at radius 1 is 1.29 bits per heavy atom. The molecule has 2 aliphatic heterocycles. The van der Waals surface area contributed by atoms with Crippen LogP contribution in [0.1, 0.15) is 33.6 Å². The minimum absolute atomic E-state index is 0.171. The molecule has 0 aliphatic carbocycles. The van der Waals surface area contributed by atoms with E-state index in [0.717, 1.165) is 0 Å². The van der Waals surface area contributed by atoms with Crippen LogP contribution in [-0.4, -0.2) is 82.3 Å². The number of fused-ring (bicyclic) bond motifs is 2. The number of carbonyl (C=O) groups is 3. The maximum Gasteiger partial charge on any atom is 0.340 e. The van der Waals surface area contributed by atoms with Gasteiger partial charge in [-0.25, -0.2) is 9.59 Å². The number of ketones is 1. The molecule has 0 unspecified atom stereocenters. The quantitative estimate of drug-likeness (QED) is 0.466. The molecule has 1 fully saturated rings. The molecule has 2 aliphatic rings. The van der Waals surface area contributed by atoms with Gasteiger partial charge in [0.05, 0.1) is 5.38 Å². The highest BCUT2D eigenvalue weighted by Gasteiger charge is 2.50. The summed E-state index contributed by atoms with van der Waals surface area (Å²) in [6.07, 6.45) is 0.363. The highest BCUT2D eigenvalue weighted by Crippen LogP contribution is 2.33. The number of rotatable bonds is 1. The molecule has 2 bridgehead atoms. The second kappa shape index (κ2) is 8.49. The van der Waals surface area contributed by atoms with Crippen molar-refractivity contribution in [1.82, 2.24) is 4.90 Å². The summed E-state index contributed by atoms with van der Waals surface area (Å²) in [5.41, 5.74) is -4.02. The minimum atomic E-state index is -2.19. The zero-order valence-electron chi connectivity index (χ0n) is 16.6. The fourth-order valence-corrected chi connectivity index (χ4v) is 3.35. The van der Waals surface area contributed by atoms with Crippen LogP contribution in [0.3, 0.4) is 0 Å². The Hall–Kier alpha value is -1.48. The second-order valence-electron chi connectivity index (χ2n) is 7.91. The lowest BCUT2D eigenvalue weighted by Crippen LogP contribution is -2.54.